The molecule has 0 saturated heterocycles. The molecule has 1 aromatic heterocycles. The first-order valence-electron chi connectivity index (χ1n) is 5.25. The van der Waals surface area contributed by atoms with Crippen LogP contribution in [-0.4, -0.2) is 14.8 Å². The molecule has 0 radical (unpaired) electrons. The van der Waals surface area contributed by atoms with E-state index in [1.54, 1.807) is 4.68 Å². The fraction of sp³-hybridized carbons (Fsp3) is 0.250. The smallest absolute Gasteiger partial charge is 0.159 e. The Kier molecular flexibility index (Phi) is 3.74. The van der Waals surface area contributed by atoms with E-state index < -0.39 is 0 Å². The molecule has 86 valence electrons. The van der Waals surface area contributed by atoms with E-state index in [2.05, 4.69) is 38.7 Å². The molecule has 0 N–H and O–H groups in total. The molecule has 0 aliphatic carbocycles. The predicted molar refractivity (Wildman–Crippen MR) is 73.1 cm³/mol. The largest absolute Gasteiger partial charge is 0.244 e. The van der Waals surface area contributed by atoms with E-state index in [0.717, 1.165) is 20.8 Å². The lowest BCUT2D eigenvalue weighted by atomic mass is 10.2. The van der Waals surface area contributed by atoms with Gasteiger partial charge in [0.15, 0.2) is 5.82 Å². The third-order valence-electron chi connectivity index (χ3n) is 2.33. The first-order chi connectivity index (χ1) is 8.22. The Labute approximate surface area is 113 Å². The van der Waals surface area contributed by atoms with Gasteiger partial charge in [0.25, 0.3) is 0 Å². The van der Waals surface area contributed by atoms with Crippen LogP contribution in [0.1, 0.15) is 12.2 Å². The summed E-state index contributed by atoms with van der Waals surface area (Å²) in [7, 11) is 0. The average Bonchev–Trinajstić information content (AvgIpc) is 2.68. The van der Waals surface area contributed by atoms with Crippen molar-refractivity contribution in [3.8, 4) is 17.5 Å². The highest BCUT2D eigenvalue weighted by molar-refractivity contribution is 14.1. The molecule has 1 aromatic carbocycles. The van der Waals surface area contributed by atoms with E-state index in [4.69, 9.17) is 5.26 Å². The number of benzene rings is 1. The van der Waals surface area contributed by atoms with Crippen molar-refractivity contribution in [3.05, 3.63) is 33.7 Å². The van der Waals surface area contributed by atoms with Crippen molar-refractivity contribution in [1.29, 1.82) is 5.26 Å². The van der Waals surface area contributed by atoms with Gasteiger partial charge >= 0.3 is 0 Å². The third-order valence-corrected chi connectivity index (χ3v) is 3.27. The number of nitrogens with zero attached hydrogens (tertiary/aromatic N) is 4. The predicted octanol–water partition coefficient (Wildman–Crippen LogP) is 2.77. The zero-order chi connectivity index (χ0) is 12.3. The normalized spacial score (nSPS) is 10.2. The number of rotatable bonds is 3. The standard InChI is InChI=1S/C12H11IN4/c1-9-15-12(17(16-9)8-4-7-14)10-5-2-3-6-11(10)13/h2-3,5-6H,4,8H2,1H3. The second-order valence-corrected chi connectivity index (χ2v) is 4.76. The summed E-state index contributed by atoms with van der Waals surface area (Å²) >= 11 is 2.28. The van der Waals surface area contributed by atoms with Crippen molar-refractivity contribution in [2.45, 2.75) is 19.9 Å². The van der Waals surface area contributed by atoms with Crippen LogP contribution in [0.4, 0.5) is 0 Å². The maximum absolute atomic E-state index is 8.64. The molecule has 0 saturated carbocycles. The SMILES string of the molecule is Cc1nc(-c2ccccc2I)n(CCC#N)n1. The van der Waals surface area contributed by atoms with Gasteiger partial charge in [-0.2, -0.15) is 10.4 Å². The van der Waals surface area contributed by atoms with Crippen molar-refractivity contribution in [3.63, 3.8) is 0 Å². The number of halogens is 1. The van der Waals surface area contributed by atoms with Crippen LogP contribution in [0, 0.1) is 21.8 Å². The van der Waals surface area contributed by atoms with Gasteiger partial charge in [0, 0.05) is 9.13 Å². The summed E-state index contributed by atoms with van der Waals surface area (Å²) in [5.74, 6) is 1.57. The monoisotopic (exact) mass is 338 g/mol. The molecule has 0 aliphatic heterocycles. The Balaban J connectivity index is 2.45. The van der Waals surface area contributed by atoms with Gasteiger partial charge in [-0.3, -0.25) is 0 Å². The average molecular weight is 338 g/mol. The molecule has 2 aromatic rings. The van der Waals surface area contributed by atoms with Gasteiger partial charge in [-0.1, -0.05) is 18.2 Å². The maximum Gasteiger partial charge on any atom is 0.159 e. The molecule has 0 atom stereocenters. The Morgan fingerprint density at radius 3 is 2.88 bits per heavy atom. The first kappa shape index (κ1) is 12.0. The number of aryl methyl sites for hydroxylation is 2. The Morgan fingerprint density at radius 1 is 1.41 bits per heavy atom. The van der Waals surface area contributed by atoms with Crippen LogP contribution in [0.15, 0.2) is 24.3 Å². The molecule has 4 nitrogen and oxygen atoms in total. The highest BCUT2D eigenvalue weighted by Crippen LogP contribution is 2.23. The number of hydrogen-bond donors (Lipinski definition) is 0. The number of nitriles is 1. The minimum atomic E-state index is 0.444. The highest BCUT2D eigenvalue weighted by Gasteiger charge is 2.11. The fourth-order valence-electron chi connectivity index (χ4n) is 1.61. The summed E-state index contributed by atoms with van der Waals surface area (Å²) in [6.07, 6.45) is 0.444. The Bertz CT molecular complexity index is 568. The van der Waals surface area contributed by atoms with E-state index in [9.17, 15) is 0 Å². The molecule has 0 aliphatic rings. The summed E-state index contributed by atoms with van der Waals surface area (Å²) in [4.78, 5) is 4.43. The van der Waals surface area contributed by atoms with Crippen molar-refractivity contribution in [2.24, 2.45) is 0 Å². The third kappa shape index (κ3) is 2.64. The van der Waals surface area contributed by atoms with E-state index in [1.807, 2.05) is 31.2 Å². The second kappa shape index (κ2) is 5.27. The summed E-state index contributed by atoms with van der Waals surface area (Å²) in [5.41, 5.74) is 1.06. The fourth-order valence-corrected chi connectivity index (χ4v) is 2.24. The number of aromatic nitrogens is 3. The molecule has 5 heteroatoms. The van der Waals surface area contributed by atoms with Gasteiger partial charge in [-0.15, -0.1) is 0 Å². The van der Waals surface area contributed by atoms with Crippen LogP contribution in [0.2, 0.25) is 0 Å². The van der Waals surface area contributed by atoms with Crippen LogP contribution < -0.4 is 0 Å². The molecule has 0 bridgehead atoms. The topological polar surface area (TPSA) is 54.5 Å². The summed E-state index contributed by atoms with van der Waals surface area (Å²) in [5, 5.41) is 13.0. The Morgan fingerprint density at radius 2 is 2.18 bits per heavy atom. The minimum absolute atomic E-state index is 0.444. The zero-order valence-corrected chi connectivity index (χ0v) is 11.5. The van der Waals surface area contributed by atoms with Crippen LogP contribution in [0.5, 0.6) is 0 Å². The van der Waals surface area contributed by atoms with Crippen molar-refractivity contribution < 1.29 is 0 Å². The molecule has 0 fully saturated rings. The van der Waals surface area contributed by atoms with E-state index in [1.165, 1.54) is 0 Å². The maximum atomic E-state index is 8.64. The van der Waals surface area contributed by atoms with E-state index in [-0.39, 0.29) is 0 Å². The highest BCUT2D eigenvalue weighted by atomic mass is 127. The molecule has 2 rings (SSSR count). The lowest BCUT2D eigenvalue weighted by Crippen LogP contribution is -2.03. The van der Waals surface area contributed by atoms with E-state index in [0.29, 0.717) is 13.0 Å². The summed E-state index contributed by atoms with van der Waals surface area (Å²) < 4.78 is 2.94. The Hall–Kier alpha value is -1.42. The quantitative estimate of drug-likeness (QED) is 0.809. The molecule has 0 spiro atoms. The molecular weight excluding hydrogens is 327 g/mol. The zero-order valence-electron chi connectivity index (χ0n) is 9.39. The van der Waals surface area contributed by atoms with Crippen molar-refractivity contribution in [2.75, 3.05) is 0 Å². The number of hydrogen-bond acceptors (Lipinski definition) is 3. The van der Waals surface area contributed by atoms with Crippen LogP contribution in [0.3, 0.4) is 0 Å². The first-order valence-corrected chi connectivity index (χ1v) is 6.33. The lowest BCUT2D eigenvalue weighted by molar-refractivity contribution is 0.628. The van der Waals surface area contributed by atoms with Crippen molar-refractivity contribution in [1.82, 2.24) is 14.8 Å². The molecule has 0 amide bonds. The van der Waals surface area contributed by atoms with Crippen LogP contribution >= 0.6 is 22.6 Å². The summed E-state index contributed by atoms with van der Waals surface area (Å²) in [6, 6.07) is 10.2. The van der Waals surface area contributed by atoms with Gasteiger partial charge in [0.2, 0.25) is 0 Å². The van der Waals surface area contributed by atoms with Gasteiger partial charge in [0.1, 0.15) is 5.82 Å². The lowest BCUT2D eigenvalue weighted by Gasteiger charge is -2.05. The van der Waals surface area contributed by atoms with Gasteiger partial charge < -0.3 is 0 Å². The summed E-state index contributed by atoms with van der Waals surface area (Å²) in [6.45, 7) is 2.44. The molecule has 0 unspecified atom stereocenters. The van der Waals surface area contributed by atoms with Crippen molar-refractivity contribution >= 4 is 22.6 Å². The van der Waals surface area contributed by atoms with Crippen LogP contribution in [-0.2, 0) is 6.54 Å². The van der Waals surface area contributed by atoms with Crippen LogP contribution in [0.25, 0.3) is 11.4 Å². The van der Waals surface area contributed by atoms with Gasteiger partial charge in [-0.05, 0) is 35.6 Å². The molecule has 1 heterocycles. The van der Waals surface area contributed by atoms with Gasteiger partial charge in [-0.25, -0.2) is 9.67 Å². The van der Waals surface area contributed by atoms with Gasteiger partial charge in [0.05, 0.1) is 19.0 Å². The molecule has 17 heavy (non-hydrogen) atoms. The van der Waals surface area contributed by atoms with E-state index >= 15 is 0 Å². The molecular formula is C12H11IN4. The second-order valence-electron chi connectivity index (χ2n) is 3.59. The minimum Gasteiger partial charge on any atom is -0.244 e.